The predicted molar refractivity (Wildman–Crippen MR) is 127 cm³/mol. The summed E-state index contributed by atoms with van der Waals surface area (Å²) in [6.07, 6.45) is 9.72. The third-order valence-electron chi connectivity index (χ3n) is 5.62. The van der Waals surface area contributed by atoms with Gasteiger partial charge in [0.05, 0.1) is 11.9 Å². The van der Waals surface area contributed by atoms with Crippen LogP contribution in [0.4, 0.5) is 5.69 Å². The maximum absolute atomic E-state index is 12.4. The fourth-order valence-electron chi connectivity index (χ4n) is 3.83. The highest BCUT2D eigenvalue weighted by molar-refractivity contribution is 5.93. The van der Waals surface area contributed by atoms with Gasteiger partial charge in [0.2, 0.25) is 0 Å². The van der Waals surface area contributed by atoms with Gasteiger partial charge in [-0.05, 0) is 44.4 Å². The van der Waals surface area contributed by atoms with Gasteiger partial charge >= 0.3 is 0 Å². The van der Waals surface area contributed by atoms with Crippen LogP contribution >= 0.6 is 0 Å². The molecule has 1 aromatic rings. The zero-order valence-electron chi connectivity index (χ0n) is 19.6. The average Bonchev–Trinajstić information content (AvgIpc) is 2.77. The van der Waals surface area contributed by atoms with Crippen LogP contribution < -0.4 is 27.4 Å². The molecule has 0 aromatic carbocycles. The molecule has 7 N–H and O–H groups in total. The number of carbonyl (C=O) groups excluding carboxylic acids is 2. The summed E-state index contributed by atoms with van der Waals surface area (Å²) >= 11 is 0. The largest absolute Gasteiger partial charge is 0.367 e. The highest BCUT2D eigenvalue weighted by Gasteiger charge is 2.25. The second-order valence-corrected chi connectivity index (χ2v) is 8.11. The zero-order chi connectivity index (χ0) is 23.7. The van der Waals surface area contributed by atoms with Crippen molar-refractivity contribution in [3.63, 3.8) is 0 Å². The zero-order valence-corrected chi connectivity index (χ0v) is 19.6. The fourth-order valence-corrected chi connectivity index (χ4v) is 3.83. The summed E-state index contributed by atoms with van der Waals surface area (Å²) in [5.41, 5.74) is 14.0. The summed E-state index contributed by atoms with van der Waals surface area (Å²) in [6, 6.07) is 3.57. The number of anilines is 1. The number of likely N-dealkylation sites (N-methyl/N-ethyl adjacent to an activating group) is 1. The molecule has 0 saturated heterocycles. The molecule has 0 radical (unpaired) electrons. The van der Waals surface area contributed by atoms with Crippen LogP contribution in [0.3, 0.4) is 0 Å². The van der Waals surface area contributed by atoms with Crippen molar-refractivity contribution in [3.8, 4) is 0 Å². The van der Waals surface area contributed by atoms with Crippen molar-refractivity contribution in [1.82, 2.24) is 20.5 Å². The Morgan fingerprint density at radius 1 is 1.28 bits per heavy atom. The van der Waals surface area contributed by atoms with Crippen molar-refractivity contribution in [2.24, 2.45) is 11.5 Å². The lowest BCUT2D eigenvalue weighted by Gasteiger charge is -2.35. The van der Waals surface area contributed by atoms with Gasteiger partial charge in [0.1, 0.15) is 17.2 Å². The van der Waals surface area contributed by atoms with E-state index in [2.05, 4.69) is 33.9 Å². The normalized spacial score (nSPS) is 19.6. The molecule has 1 aliphatic rings. The Kier molecular flexibility index (Phi) is 9.52. The Balaban J connectivity index is 2.28. The van der Waals surface area contributed by atoms with Gasteiger partial charge in [0.15, 0.2) is 0 Å². The Morgan fingerprint density at radius 3 is 2.56 bits per heavy atom. The number of primary amides is 1. The monoisotopic (exact) mass is 443 g/mol. The van der Waals surface area contributed by atoms with Crippen LogP contribution in [0.15, 0.2) is 41.6 Å². The van der Waals surface area contributed by atoms with E-state index in [1.54, 1.807) is 37.2 Å². The van der Waals surface area contributed by atoms with Crippen LogP contribution in [0.2, 0.25) is 0 Å². The van der Waals surface area contributed by atoms with E-state index >= 15 is 0 Å². The Bertz CT molecular complexity index is 848. The van der Waals surface area contributed by atoms with Crippen molar-refractivity contribution >= 4 is 17.5 Å². The van der Waals surface area contributed by atoms with Gasteiger partial charge in [-0.15, -0.1) is 0 Å². The molecule has 0 unspecified atom stereocenters. The second-order valence-electron chi connectivity index (χ2n) is 8.11. The van der Waals surface area contributed by atoms with E-state index in [4.69, 9.17) is 11.5 Å². The van der Waals surface area contributed by atoms with Gasteiger partial charge in [-0.3, -0.25) is 9.59 Å². The predicted octanol–water partition coefficient (Wildman–Crippen LogP) is 2.00. The molecule has 1 fully saturated rings. The Labute approximate surface area is 190 Å². The quantitative estimate of drug-likeness (QED) is 0.349. The third-order valence-corrected chi connectivity index (χ3v) is 5.62. The lowest BCUT2D eigenvalue weighted by molar-refractivity contribution is -0.115. The molecule has 9 nitrogen and oxygen atoms in total. The Morgan fingerprint density at radius 2 is 2.00 bits per heavy atom. The third kappa shape index (κ3) is 6.71. The topological polar surface area (TPSA) is 138 Å². The first kappa shape index (κ1) is 25.2. The SMILES string of the molecule is CCC/C=C(\N[C@@H]1CCCC[C@@H]1N)N(C)/C(C(N)=O)=C(\C)Nc1ccc(C(=O)NC)nc1. The minimum atomic E-state index is -0.551. The number of hydrogen-bond donors (Lipinski definition) is 5. The van der Waals surface area contributed by atoms with Gasteiger partial charge in [0, 0.05) is 31.9 Å². The number of nitrogens with zero attached hydrogens (tertiary/aromatic N) is 2. The van der Waals surface area contributed by atoms with Crippen LogP contribution in [0.25, 0.3) is 0 Å². The molecule has 2 amide bonds. The summed E-state index contributed by atoms with van der Waals surface area (Å²) in [5, 5.41) is 9.27. The Hall–Kier alpha value is -3.07. The number of amides is 2. The number of unbranched alkanes of at least 4 members (excludes halogenated alkanes) is 1. The van der Waals surface area contributed by atoms with Gasteiger partial charge in [-0.2, -0.15) is 0 Å². The van der Waals surface area contributed by atoms with Crippen LogP contribution in [0.1, 0.15) is 62.9 Å². The molecule has 2 rings (SSSR count). The minimum absolute atomic E-state index is 0.0762. The highest BCUT2D eigenvalue weighted by atomic mass is 16.2. The maximum atomic E-state index is 12.4. The van der Waals surface area contributed by atoms with Crippen molar-refractivity contribution in [1.29, 1.82) is 0 Å². The summed E-state index contributed by atoms with van der Waals surface area (Å²) in [4.78, 5) is 30.0. The van der Waals surface area contributed by atoms with E-state index in [-0.39, 0.29) is 18.0 Å². The number of nitrogens with one attached hydrogen (secondary N) is 3. The molecule has 9 heteroatoms. The van der Waals surface area contributed by atoms with Crippen molar-refractivity contribution in [3.05, 3.63) is 47.3 Å². The number of hydrogen-bond acceptors (Lipinski definition) is 7. The summed E-state index contributed by atoms with van der Waals surface area (Å²) in [7, 11) is 3.37. The molecule has 1 heterocycles. The van der Waals surface area contributed by atoms with E-state index in [0.717, 1.165) is 44.3 Å². The summed E-state index contributed by atoms with van der Waals surface area (Å²) in [5.74, 6) is 0.000826. The van der Waals surface area contributed by atoms with E-state index < -0.39 is 5.91 Å². The maximum Gasteiger partial charge on any atom is 0.269 e. The first-order chi connectivity index (χ1) is 15.3. The first-order valence-electron chi connectivity index (χ1n) is 11.2. The van der Waals surface area contributed by atoms with Crippen LogP contribution in [0.5, 0.6) is 0 Å². The molecule has 176 valence electrons. The average molecular weight is 444 g/mol. The molecule has 0 aliphatic heterocycles. The lowest BCUT2D eigenvalue weighted by atomic mass is 9.91. The number of aromatic nitrogens is 1. The number of rotatable bonds is 10. The van der Waals surface area contributed by atoms with Crippen molar-refractivity contribution < 1.29 is 9.59 Å². The van der Waals surface area contributed by atoms with Gasteiger partial charge < -0.3 is 32.3 Å². The molecule has 2 atom stereocenters. The van der Waals surface area contributed by atoms with E-state index in [0.29, 0.717) is 22.8 Å². The second kappa shape index (κ2) is 12.1. The molecular weight excluding hydrogens is 406 g/mol. The molecule has 0 spiro atoms. The lowest BCUT2D eigenvalue weighted by Crippen LogP contribution is -2.49. The standard InChI is InChI=1S/C23H37N7O2/c1-5-6-11-20(29-18-10-8-7-9-17(18)24)30(4)21(22(25)31)15(2)28-16-12-13-19(27-14-16)23(32)26-3/h11-14,17-18,28-29H,5-10,24H2,1-4H3,(H2,25,31)(H,26,32)/b20-11+,21-15+/t17-,18+/m0/s1. The first-order valence-corrected chi connectivity index (χ1v) is 11.2. The van der Waals surface area contributed by atoms with E-state index in [1.807, 2.05) is 7.05 Å². The molecule has 0 bridgehead atoms. The number of pyridine rings is 1. The molecule has 32 heavy (non-hydrogen) atoms. The highest BCUT2D eigenvalue weighted by Crippen LogP contribution is 2.21. The van der Waals surface area contributed by atoms with Gasteiger partial charge in [-0.25, -0.2) is 4.98 Å². The van der Waals surface area contributed by atoms with E-state index in [9.17, 15) is 9.59 Å². The molecule has 1 aliphatic carbocycles. The van der Waals surface area contributed by atoms with Gasteiger partial charge in [-0.1, -0.05) is 26.2 Å². The molecule has 1 aromatic heterocycles. The minimum Gasteiger partial charge on any atom is -0.367 e. The van der Waals surface area contributed by atoms with Crippen LogP contribution in [-0.4, -0.2) is 47.9 Å². The van der Waals surface area contributed by atoms with Crippen molar-refractivity contribution in [2.45, 2.75) is 64.5 Å². The summed E-state index contributed by atoms with van der Waals surface area (Å²) < 4.78 is 0. The number of nitrogens with two attached hydrogens (primary N) is 2. The fraction of sp³-hybridized carbons (Fsp3) is 0.522. The number of allylic oxidation sites excluding steroid dienone is 2. The smallest absolute Gasteiger partial charge is 0.269 e. The molecular formula is C23H37N7O2. The van der Waals surface area contributed by atoms with Crippen LogP contribution in [0, 0.1) is 0 Å². The van der Waals surface area contributed by atoms with E-state index in [1.165, 1.54) is 0 Å². The molecule has 1 saturated carbocycles. The van der Waals surface area contributed by atoms with Crippen molar-refractivity contribution in [2.75, 3.05) is 19.4 Å². The number of carbonyl (C=O) groups is 2. The summed E-state index contributed by atoms with van der Waals surface area (Å²) in [6.45, 7) is 3.89. The van der Waals surface area contributed by atoms with Gasteiger partial charge in [0.25, 0.3) is 11.8 Å². The van der Waals surface area contributed by atoms with Crippen LogP contribution in [-0.2, 0) is 4.79 Å².